The van der Waals surface area contributed by atoms with E-state index in [0.29, 0.717) is 19.7 Å². The third kappa shape index (κ3) is 4.94. The van der Waals surface area contributed by atoms with Crippen LogP contribution in [0.2, 0.25) is 0 Å². The minimum absolute atomic E-state index is 0.00990. The summed E-state index contributed by atoms with van der Waals surface area (Å²) in [5.74, 6) is -0.661. The molecule has 1 aromatic rings. The zero-order chi connectivity index (χ0) is 15.8. The zero-order valence-electron chi connectivity index (χ0n) is 12.2. The highest BCUT2D eigenvalue weighted by atomic mass is 16.6. The molecule has 0 heterocycles. The predicted octanol–water partition coefficient (Wildman–Crippen LogP) is 2.68. The maximum atomic E-state index is 11.0. The molecule has 0 aliphatic carbocycles. The fourth-order valence-corrected chi connectivity index (χ4v) is 1.88. The van der Waals surface area contributed by atoms with Crippen molar-refractivity contribution in [2.75, 3.05) is 24.6 Å². The van der Waals surface area contributed by atoms with Crippen LogP contribution in [-0.4, -0.2) is 35.7 Å². The van der Waals surface area contributed by atoms with Gasteiger partial charge in [-0.15, -0.1) is 0 Å². The summed E-state index contributed by atoms with van der Waals surface area (Å²) in [6.45, 7) is 5.16. The van der Waals surface area contributed by atoms with Gasteiger partial charge >= 0.3 is 11.7 Å². The van der Waals surface area contributed by atoms with Crippen LogP contribution in [0, 0.1) is 10.1 Å². The predicted molar refractivity (Wildman–Crippen MR) is 79.0 cm³/mol. The maximum Gasteiger partial charge on any atom is 0.311 e. The molecule has 1 aromatic carbocycles. The lowest BCUT2D eigenvalue weighted by Crippen LogP contribution is -2.25. The highest BCUT2D eigenvalue weighted by Crippen LogP contribution is 2.31. The molecule has 0 saturated carbocycles. The smallest absolute Gasteiger partial charge is 0.311 e. The normalized spacial score (nSPS) is 10.2. The Kier molecular flexibility index (Phi) is 6.45. The summed E-state index contributed by atoms with van der Waals surface area (Å²) in [5, 5.41) is 19.7. The van der Waals surface area contributed by atoms with Gasteiger partial charge in [-0.25, -0.2) is 0 Å². The molecule has 21 heavy (non-hydrogen) atoms. The number of benzene rings is 1. The van der Waals surface area contributed by atoms with Gasteiger partial charge in [0.1, 0.15) is 0 Å². The molecule has 0 bridgehead atoms. The van der Waals surface area contributed by atoms with Crippen molar-refractivity contribution in [2.45, 2.75) is 26.7 Å². The van der Waals surface area contributed by atoms with Crippen LogP contribution in [0.5, 0.6) is 5.75 Å². The number of aliphatic carboxylic acids is 1. The third-order valence-corrected chi connectivity index (χ3v) is 2.94. The van der Waals surface area contributed by atoms with Gasteiger partial charge in [-0.3, -0.25) is 14.9 Å². The van der Waals surface area contributed by atoms with E-state index < -0.39 is 10.9 Å². The summed E-state index contributed by atoms with van der Waals surface area (Å²) in [7, 11) is 0. The number of ether oxygens (including phenoxy) is 1. The molecular formula is C14H20N2O5. The Hall–Kier alpha value is -2.31. The fraction of sp³-hybridized carbons (Fsp3) is 0.500. The Morgan fingerprint density at radius 1 is 1.43 bits per heavy atom. The quantitative estimate of drug-likeness (QED) is 0.556. The molecule has 1 N–H and O–H groups in total. The van der Waals surface area contributed by atoms with E-state index in [1.54, 1.807) is 12.1 Å². The molecule has 0 spiro atoms. The largest absolute Gasteiger partial charge is 0.487 e. The van der Waals surface area contributed by atoms with Crippen LogP contribution >= 0.6 is 0 Å². The van der Waals surface area contributed by atoms with Gasteiger partial charge in [-0.2, -0.15) is 0 Å². The zero-order valence-corrected chi connectivity index (χ0v) is 12.2. The number of carbonyl (C=O) groups is 1. The van der Waals surface area contributed by atoms with E-state index in [-0.39, 0.29) is 17.9 Å². The lowest BCUT2D eigenvalue weighted by molar-refractivity contribution is -0.385. The number of nitro groups is 1. The number of nitro benzene ring substituents is 1. The van der Waals surface area contributed by atoms with Crippen molar-refractivity contribution < 1.29 is 19.6 Å². The molecule has 0 radical (unpaired) electrons. The minimum Gasteiger partial charge on any atom is -0.487 e. The van der Waals surface area contributed by atoms with Crippen molar-refractivity contribution in [1.29, 1.82) is 0 Å². The molecule has 0 aliphatic heterocycles. The molecule has 7 heteroatoms. The van der Waals surface area contributed by atoms with E-state index in [9.17, 15) is 14.9 Å². The van der Waals surface area contributed by atoms with Crippen LogP contribution < -0.4 is 9.64 Å². The average molecular weight is 296 g/mol. The average Bonchev–Trinajstić information content (AvgIpc) is 2.45. The van der Waals surface area contributed by atoms with Crippen LogP contribution in [0.15, 0.2) is 18.2 Å². The van der Waals surface area contributed by atoms with E-state index in [2.05, 4.69) is 0 Å². The van der Waals surface area contributed by atoms with Crippen LogP contribution in [0.1, 0.15) is 26.7 Å². The maximum absolute atomic E-state index is 11.0. The molecule has 0 fully saturated rings. The summed E-state index contributed by atoms with van der Waals surface area (Å²) >= 11 is 0. The first-order valence-corrected chi connectivity index (χ1v) is 6.87. The lowest BCUT2D eigenvalue weighted by atomic mass is 10.2. The van der Waals surface area contributed by atoms with Crippen molar-refractivity contribution in [1.82, 2.24) is 0 Å². The fourth-order valence-electron chi connectivity index (χ4n) is 1.88. The number of anilines is 1. The first kappa shape index (κ1) is 16.7. The standard InChI is InChI=1S/C14H20N2O5/c1-3-9-21-13-10-11(5-6-12(13)16(19)20)15(4-2)8-7-14(17)18/h5-6,10H,3-4,7-9H2,1-2H3,(H,17,18). The number of hydrogen-bond donors (Lipinski definition) is 1. The number of hydrogen-bond acceptors (Lipinski definition) is 5. The second kappa shape index (κ2) is 8.08. The SMILES string of the molecule is CCCOc1cc(N(CC)CCC(=O)O)ccc1[N+](=O)[O-]. The number of carboxylic acids is 1. The summed E-state index contributed by atoms with van der Waals surface area (Å²) in [5.41, 5.74) is 0.636. The van der Waals surface area contributed by atoms with Gasteiger partial charge in [-0.05, 0) is 19.4 Å². The highest BCUT2D eigenvalue weighted by Gasteiger charge is 2.17. The first-order valence-electron chi connectivity index (χ1n) is 6.87. The van der Waals surface area contributed by atoms with Crippen LogP contribution in [-0.2, 0) is 4.79 Å². The number of nitrogens with zero attached hydrogens (tertiary/aromatic N) is 2. The van der Waals surface area contributed by atoms with Crippen molar-refractivity contribution in [3.05, 3.63) is 28.3 Å². The van der Waals surface area contributed by atoms with Gasteiger partial charge in [-0.1, -0.05) is 6.92 Å². The van der Waals surface area contributed by atoms with Crippen molar-refractivity contribution in [3.63, 3.8) is 0 Å². The highest BCUT2D eigenvalue weighted by molar-refractivity contribution is 5.68. The van der Waals surface area contributed by atoms with Gasteiger partial charge in [0.05, 0.1) is 18.0 Å². The van der Waals surface area contributed by atoms with Gasteiger partial charge in [0.15, 0.2) is 5.75 Å². The van der Waals surface area contributed by atoms with Crippen molar-refractivity contribution in [2.24, 2.45) is 0 Å². The molecule has 0 aliphatic rings. The lowest BCUT2D eigenvalue weighted by Gasteiger charge is -2.22. The van der Waals surface area contributed by atoms with Crippen molar-refractivity contribution in [3.8, 4) is 5.75 Å². The van der Waals surface area contributed by atoms with E-state index in [0.717, 1.165) is 12.1 Å². The summed E-state index contributed by atoms with van der Waals surface area (Å²) in [4.78, 5) is 23.0. The van der Waals surface area contributed by atoms with Gasteiger partial charge in [0, 0.05) is 30.9 Å². The first-order chi connectivity index (χ1) is 9.99. The molecule has 0 atom stereocenters. The van der Waals surface area contributed by atoms with E-state index in [1.807, 2.05) is 18.7 Å². The van der Waals surface area contributed by atoms with E-state index in [4.69, 9.17) is 9.84 Å². The molecule has 0 aromatic heterocycles. The molecule has 1 rings (SSSR count). The Morgan fingerprint density at radius 3 is 2.67 bits per heavy atom. The Labute approximate surface area is 123 Å². The number of rotatable bonds is 9. The summed E-state index contributed by atoms with van der Waals surface area (Å²) in [6, 6.07) is 4.60. The molecule has 116 valence electrons. The Bertz CT molecular complexity index is 504. The Morgan fingerprint density at radius 2 is 2.14 bits per heavy atom. The second-order valence-electron chi connectivity index (χ2n) is 4.48. The number of carboxylic acid groups (broad SMARTS) is 1. The van der Waals surface area contributed by atoms with Crippen LogP contribution in [0.4, 0.5) is 11.4 Å². The van der Waals surface area contributed by atoms with E-state index >= 15 is 0 Å². The van der Waals surface area contributed by atoms with Gasteiger partial charge < -0.3 is 14.7 Å². The molecular weight excluding hydrogens is 276 g/mol. The monoisotopic (exact) mass is 296 g/mol. The topological polar surface area (TPSA) is 92.9 Å². The Balaban J connectivity index is 3.00. The van der Waals surface area contributed by atoms with E-state index in [1.165, 1.54) is 6.07 Å². The van der Waals surface area contributed by atoms with Crippen molar-refractivity contribution >= 4 is 17.3 Å². The third-order valence-electron chi connectivity index (χ3n) is 2.94. The molecule has 0 saturated heterocycles. The van der Waals surface area contributed by atoms with Crippen LogP contribution in [0.25, 0.3) is 0 Å². The summed E-state index contributed by atoms with van der Waals surface area (Å²) < 4.78 is 5.42. The minimum atomic E-state index is -0.877. The van der Waals surface area contributed by atoms with Gasteiger partial charge in [0.25, 0.3) is 0 Å². The molecule has 0 amide bonds. The van der Waals surface area contributed by atoms with Gasteiger partial charge in [0.2, 0.25) is 0 Å². The molecule has 0 unspecified atom stereocenters. The second-order valence-corrected chi connectivity index (χ2v) is 4.48. The summed E-state index contributed by atoms with van der Waals surface area (Å²) in [6.07, 6.45) is 0.758. The van der Waals surface area contributed by atoms with Crippen LogP contribution in [0.3, 0.4) is 0 Å². The molecule has 7 nitrogen and oxygen atoms in total.